The Morgan fingerprint density at radius 3 is 1.86 bits per heavy atom. The van der Waals surface area contributed by atoms with Gasteiger partial charge in [0.2, 0.25) is 5.51 Å². The van der Waals surface area contributed by atoms with Crippen molar-refractivity contribution >= 4 is 18.6 Å². The van der Waals surface area contributed by atoms with Crippen molar-refractivity contribution in [2.45, 2.75) is 26.8 Å². The third-order valence-corrected chi connectivity index (χ3v) is 2.11. The van der Waals surface area contributed by atoms with Gasteiger partial charge in [-0.15, -0.1) is 0 Å². The molecule has 1 aromatic rings. The quantitative estimate of drug-likeness (QED) is 0.395. The summed E-state index contributed by atoms with van der Waals surface area (Å²) < 4.78 is 41.2. The van der Waals surface area contributed by atoms with Crippen LogP contribution < -0.4 is 4.57 Å². The zero-order chi connectivity index (χ0) is 11.4. The number of hydrogen-bond donors (Lipinski definition) is 0. The molecule has 7 heteroatoms. The molecular formula is C7H12BF4NS. The third-order valence-electron chi connectivity index (χ3n) is 1.29. The summed E-state index contributed by atoms with van der Waals surface area (Å²) >= 11 is 1.80. The Kier molecular flexibility index (Phi) is 5.11. The van der Waals surface area contributed by atoms with Crippen molar-refractivity contribution in [1.82, 2.24) is 0 Å². The van der Waals surface area contributed by atoms with Gasteiger partial charge in [0.05, 0.1) is 4.88 Å². The van der Waals surface area contributed by atoms with E-state index < -0.39 is 7.25 Å². The van der Waals surface area contributed by atoms with E-state index in [1.54, 1.807) is 11.3 Å². The maximum atomic E-state index is 9.75. The first-order valence-electron chi connectivity index (χ1n) is 4.03. The summed E-state index contributed by atoms with van der Waals surface area (Å²) in [5.41, 5.74) is 2.15. The van der Waals surface area contributed by atoms with Crippen LogP contribution in [0.4, 0.5) is 17.3 Å². The predicted molar refractivity (Wildman–Crippen MR) is 49.8 cm³/mol. The largest absolute Gasteiger partial charge is 0.673 e. The smallest absolute Gasteiger partial charge is 0.418 e. The molecule has 0 spiro atoms. The molecule has 14 heavy (non-hydrogen) atoms. The van der Waals surface area contributed by atoms with Gasteiger partial charge in [-0.1, -0.05) is 11.3 Å². The van der Waals surface area contributed by atoms with Crippen molar-refractivity contribution in [1.29, 1.82) is 0 Å². The van der Waals surface area contributed by atoms with Crippen LogP contribution in [0.3, 0.4) is 0 Å². The van der Waals surface area contributed by atoms with Crippen LogP contribution in [-0.2, 0) is 0 Å². The summed E-state index contributed by atoms with van der Waals surface area (Å²) in [7, 11) is -6.00. The van der Waals surface area contributed by atoms with Gasteiger partial charge < -0.3 is 17.3 Å². The van der Waals surface area contributed by atoms with Crippen LogP contribution in [0.5, 0.6) is 0 Å². The lowest BCUT2D eigenvalue weighted by atomic mass is 10.3. The Morgan fingerprint density at radius 2 is 1.71 bits per heavy atom. The Balaban J connectivity index is 0.000000292. The molecule has 0 atom stereocenters. The SMILES string of the molecule is Cc1c[n+](C(C)C)cs1.F[B-](F)(F)F. The summed E-state index contributed by atoms with van der Waals surface area (Å²) in [4.78, 5) is 1.38. The molecule has 0 N–H and O–H groups in total. The van der Waals surface area contributed by atoms with Crippen molar-refractivity contribution in [3.63, 3.8) is 0 Å². The van der Waals surface area contributed by atoms with E-state index in [9.17, 15) is 17.3 Å². The van der Waals surface area contributed by atoms with E-state index in [0.29, 0.717) is 6.04 Å². The third kappa shape index (κ3) is 8.03. The zero-order valence-corrected chi connectivity index (χ0v) is 8.99. The molecule has 0 aliphatic carbocycles. The van der Waals surface area contributed by atoms with E-state index in [2.05, 4.69) is 37.0 Å². The van der Waals surface area contributed by atoms with Crippen molar-refractivity contribution in [3.8, 4) is 0 Å². The first kappa shape index (κ1) is 13.4. The van der Waals surface area contributed by atoms with E-state index >= 15 is 0 Å². The zero-order valence-electron chi connectivity index (χ0n) is 8.18. The lowest BCUT2D eigenvalue weighted by molar-refractivity contribution is -0.711. The Bertz CT molecular complexity index is 265. The Morgan fingerprint density at radius 1 is 1.29 bits per heavy atom. The maximum Gasteiger partial charge on any atom is 0.673 e. The number of thiazole rings is 1. The van der Waals surface area contributed by atoms with Crippen LogP contribution in [0.2, 0.25) is 0 Å². The number of hydrogen-bond acceptors (Lipinski definition) is 1. The van der Waals surface area contributed by atoms with Gasteiger partial charge in [-0.3, -0.25) is 0 Å². The fourth-order valence-corrected chi connectivity index (χ4v) is 1.46. The number of rotatable bonds is 1. The molecule has 0 aliphatic rings. The molecule has 0 aromatic carbocycles. The molecule has 0 bridgehead atoms. The van der Waals surface area contributed by atoms with Gasteiger partial charge >= 0.3 is 7.25 Å². The number of aromatic nitrogens is 1. The van der Waals surface area contributed by atoms with E-state index in [1.807, 2.05) is 0 Å². The highest BCUT2D eigenvalue weighted by atomic mass is 32.1. The van der Waals surface area contributed by atoms with Crippen LogP contribution in [0.1, 0.15) is 24.8 Å². The molecule has 1 heterocycles. The molecule has 0 amide bonds. The maximum absolute atomic E-state index is 9.75. The molecule has 0 aliphatic heterocycles. The second-order valence-corrected chi connectivity index (χ2v) is 4.09. The predicted octanol–water partition coefficient (Wildman–Crippen LogP) is 3.22. The summed E-state index contributed by atoms with van der Waals surface area (Å²) in [6.07, 6.45) is 2.18. The molecule has 1 aromatic heterocycles. The molecule has 0 unspecified atom stereocenters. The summed E-state index contributed by atoms with van der Waals surface area (Å²) in [6.45, 7) is 6.50. The van der Waals surface area contributed by atoms with Gasteiger partial charge in [0.25, 0.3) is 0 Å². The van der Waals surface area contributed by atoms with Crippen LogP contribution in [0.15, 0.2) is 11.7 Å². The lowest BCUT2D eigenvalue weighted by Gasteiger charge is -1.94. The second-order valence-electron chi connectivity index (χ2n) is 3.00. The highest BCUT2D eigenvalue weighted by molar-refractivity contribution is 7.09. The van der Waals surface area contributed by atoms with Crippen molar-refractivity contribution in [2.75, 3.05) is 0 Å². The van der Waals surface area contributed by atoms with E-state index in [1.165, 1.54) is 4.88 Å². The van der Waals surface area contributed by atoms with Crippen LogP contribution in [0, 0.1) is 6.92 Å². The fourth-order valence-electron chi connectivity index (χ4n) is 0.686. The first-order valence-corrected chi connectivity index (χ1v) is 4.91. The Labute approximate surface area is 84.5 Å². The minimum atomic E-state index is -6.00. The normalized spacial score (nSPS) is 11.1. The standard InChI is InChI=1S/C7H12NS.BF4/c1-6(2)8-4-7(3)9-5-8;2-1(3,4)5/h4-6H,1-3H3;/q+1;-1. The Hall–Kier alpha value is -0.585. The second kappa shape index (κ2) is 5.33. The first-order chi connectivity index (χ1) is 6.20. The molecule has 0 saturated carbocycles. The van der Waals surface area contributed by atoms with Gasteiger partial charge in [-0.05, 0) is 20.8 Å². The van der Waals surface area contributed by atoms with Crippen LogP contribution >= 0.6 is 11.3 Å². The molecule has 0 fully saturated rings. The average Bonchev–Trinajstić information content (AvgIpc) is 2.31. The lowest BCUT2D eigenvalue weighted by Crippen LogP contribution is -2.32. The molecule has 1 rings (SSSR count). The number of halogens is 4. The summed E-state index contributed by atoms with van der Waals surface area (Å²) in [6, 6.07) is 0.606. The van der Waals surface area contributed by atoms with Crippen molar-refractivity contribution in [3.05, 3.63) is 16.6 Å². The monoisotopic (exact) mass is 229 g/mol. The highest BCUT2D eigenvalue weighted by Crippen LogP contribution is 2.06. The number of aryl methyl sites for hydroxylation is 1. The molecule has 82 valence electrons. The fraction of sp³-hybridized carbons (Fsp3) is 0.571. The van der Waals surface area contributed by atoms with Gasteiger partial charge in [0.1, 0.15) is 0 Å². The van der Waals surface area contributed by atoms with Crippen molar-refractivity contribution in [2.24, 2.45) is 0 Å². The number of nitrogens with zero attached hydrogens (tertiary/aromatic N) is 1. The van der Waals surface area contributed by atoms with Gasteiger partial charge in [0.15, 0.2) is 12.2 Å². The van der Waals surface area contributed by atoms with Crippen molar-refractivity contribution < 1.29 is 21.8 Å². The van der Waals surface area contributed by atoms with Gasteiger partial charge in [-0.2, -0.15) is 4.57 Å². The van der Waals surface area contributed by atoms with E-state index in [4.69, 9.17) is 0 Å². The summed E-state index contributed by atoms with van der Waals surface area (Å²) in [5.74, 6) is 0. The minimum Gasteiger partial charge on any atom is -0.418 e. The highest BCUT2D eigenvalue weighted by Gasteiger charge is 2.20. The minimum absolute atomic E-state index is 0.606. The van der Waals surface area contributed by atoms with Crippen LogP contribution in [0.25, 0.3) is 0 Å². The topological polar surface area (TPSA) is 3.88 Å². The average molecular weight is 229 g/mol. The molecule has 1 nitrogen and oxygen atoms in total. The van der Waals surface area contributed by atoms with Gasteiger partial charge in [0, 0.05) is 0 Å². The van der Waals surface area contributed by atoms with E-state index in [-0.39, 0.29) is 0 Å². The van der Waals surface area contributed by atoms with Crippen LogP contribution in [-0.4, -0.2) is 7.25 Å². The molecule has 0 radical (unpaired) electrons. The molecule has 0 saturated heterocycles. The van der Waals surface area contributed by atoms with Gasteiger partial charge in [-0.25, -0.2) is 0 Å². The molecular weight excluding hydrogens is 217 g/mol. The summed E-state index contributed by atoms with van der Waals surface area (Å²) in [5, 5.41) is 0. The van der Waals surface area contributed by atoms with E-state index in [0.717, 1.165) is 0 Å².